The Morgan fingerprint density at radius 1 is 1.22 bits per heavy atom. The van der Waals surface area contributed by atoms with Crippen molar-refractivity contribution < 1.29 is 17.9 Å². The van der Waals surface area contributed by atoms with Crippen LogP contribution in [0, 0.1) is 0 Å². The Balaban J connectivity index is 1.78. The number of rotatable bonds is 4. The monoisotopic (exact) mass is 339 g/mol. The van der Waals surface area contributed by atoms with Gasteiger partial charge in [0, 0.05) is 18.0 Å². The number of fused-ring (bicyclic) bond motifs is 1. The van der Waals surface area contributed by atoms with Gasteiger partial charge in [0.1, 0.15) is 5.75 Å². The van der Waals surface area contributed by atoms with Crippen LogP contribution < -0.4 is 4.74 Å². The SMILES string of the molecule is COc1ccnc(CSc2nc3cc(C(F)(F)F)ccc3[nH]2)c1. The molecule has 1 N–H and O–H groups in total. The molecule has 0 aliphatic carbocycles. The number of imidazole rings is 1. The predicted molar refractivity (Wildman–Crippen MR) is 81.4 cm³/mol. The van der Waals surface area contributed by atoms with Gasteiger partial charge in [-0.2, -0.15) is 13.2 Å². The second kappa shape index (κ2) is 6.11. The lowest BCUT2D eigenvalue weighted by atomic mass is 10.2. The van der Waals surface area contributed by atoms with Gasteiger partial charge in [-0.05, 0) is 24.3 Å². The summed E-state index contributed by atoms with van der Waals surface area (Å²) < 4.78 is 43.2. The lowest BCUT2D eigenvalue weighted by Crippen LogP contribution is -2.04. The molecule has 2 aromatic heterocycles. The highest BCUT2D eigenvalue weighted by Gasteiger charge is 2.30. The zero-order valence-electron chi connectivity index (χ0n) is 12.0. The standard InChI is InChI=1S/C15H12F3N3OS/c1-22-11-4-5-19-10(7-11)8-23-14-20-12-3-2-9(15(16,17)18)6-13(12)21-14/h2-7H,8H2,1H3,(H,20,21). The molecule has 0 unspecified atom stereocenters. The largest absolute Gasteiger partial charge is 0.497 e. The van der Waals surface area contributed by atoms with Crippen molar-refractivity contribution in [2.75, 3.05) is 7.11 Å². The molecule has 3 rings (SSSR count). The summed E-state index contributed by atoms with van der Waals surface area (Å²) in [5.41, 5.74) is 0.952. The van der Waals surface area contributed by atoms with E-state index in [0.29, 0.717) is 27.7 Å². The van der Waals surface area contributed by atoms with Crippen LogP contribution in [0.2, 0.25) is 0 Å². The van der Waals surface area contributed by atoms with Gasteiger partial charge in [0.25, 0.3) is 0 Å². The van der Waals surface area contributed by atoms with Crippen molar-refractivity contribution in [3.05, 3.63) is 47.8 Å². The van der Waals surface area contributed by atoms with E-state index in [4.69, 9.17) is 4.74 Å². The van der Waals surface area contributed by atoms with Crippen molar-refractivity contribution in [3.63, 3.8) is 0 Å². The third-order valence-electron chi connectivity index (χ3n) is 3.17. The fraction of sp³-hybridized carbons (Fsp3) is 0.200. The van der Waals surface area contributed by atoms with Crippen LogP contribution in [0.15, 0.2) is 41.7 Å². The average molecular weight is 339 g/mol. The maximum Gasteiger partial charge on any atom is 0.416 e. The van der Waals surface area contributed by atoms with E-state index in [1.54, 1.807) is 25.4 Å². The first-order valence-corrected chi connectivity index (χ1v) is 7.63. The maximum atomic E-state index is 12.7. The fourth-order valence-electron chi connectivity index (χ4n) is 2.03. The lowest BCUT2D eigenvalue weighted by Gasteiger charge is -2.04. The quantitative estimate of drug-likeness (QED) is 0.721. The molecule has 3 aromatic rings. The van der Waals surface area contributed by atoms with Crippen molar-refractivity contribution in [3.8, 4) is 5.75 Å². The Hall–Kier alpha value is -2.22. The summed E-state index contributed by atoms with van der Waals surface area (Å²) in [7, 11) is 1.57. The molecule has 120 valence electrons. The number of pyridine rings is 1. The van der Waals surface area contributed by atoms with Gasteiger partial charge in [0.2, 0.25) is 0 Å². The average Bonchev–Trinajstić information content (AvgIpc) is 2.94. The maximum absolute atomic E-state index is 12.7. The molecule has 2 heterocycles. The minimum absolute atomic E-state index is 0.293. The van der Waals surface area contributed by atoms with Gasteiger partial charge in [0.05, 0.1) is 29.4 Å². The number of nitrogens with zero attached hydrogens (tertiary/aromatic N) is 2. The van der Waals surface area contributed by atoms with E-state index >= 15 is 0 Å². The van der Waals surface area contributed by atoms with E-state index < -0.39 is 11.7 Å². The van der Waals surface area contributed by atoms with Crippen LogP contribution in [-0.2, 0) is 11.9 Å². The summed E-state index contributed by atoms with van der Waals surface area (Å²) in [4.78, 5) is 11.4. The molecule has 0 radical (unpaired) electrons. The Morgan fingerprint density at radius 3 is 2.78 bits per heavy atom. The van der Waals surface area contributed by atoms with E-state index in [2.05, 4.69) is 15.0 Å². The smallest absolute Gasteiger partial charge is 0.416 e. The number of aromatic amines is 1. The van der Waals surface area contributed by atoms with Crippen molar-refractivity contribution >= 4 is 22.8 Å². The van der Waals surface area contributed by atoms with Gasteiger partial charge >= 0.3 is 6.18 Å². The summed E-state index contributed by atoms with van der Waals surface area (Å²) in [6.07, 6.45) is -2.73. The molecule has 0 bridgehead atoms. The highest BCUT2D eigenvalue weighted by molar-refractivity contribution is 7.98. The summed E-state index contributed by atoms with van der Waals surface area (Å²) in [5.74, 6) is 1.23. The van der Waals surface area contributed by atoms with Crippen LogP contribution in [-0.4, -0.2) is 22.1 Å². The second-order valence-corrected chi connectivity index (χ2v) is 5.71. The first-order chi connectivity index (χ1) is 11.0. The van der Waals surface area contributed by atoms with Crippen LogP contribution in [0.5, 0.6) is 5.75 Å². The predicted octanol–water partition coefficient (Wildman–Crippen LogP) is 4.28. The van der Waals surface area contributed by atoms with Gasteiger partial charge in [-0.3, -0.25) is 4.98 Å². The van der Waals surface area contributed by atoms with E-state index in [0.717, 1.165) is 17.8 Å². The molecule has 0 aliphatic heterocycles. The number of thioether (sulfide) groups is 1. The molecule has 0 saturated heterocycles. The van der Waals surface area contributed by atoms with Crippen LogP contribution in [0.3, 0.4) is 0 Å². The van der Waals surface area contributed by atoms with Crippen molar-refractivity contribution in [1.29, 1.82) is 0 Å². The van der Waals surface area contributed by atoms with Crippen molar-refractivity contribution in [2.24, 2.45) is 0 Å². The van der Waals surface area contributed by atoms with Crippen molar-refractivity contribution in [1.82, 2.24) is 15.0 Å². The topological polar surface area (TPSA) is 50.8 Å². The van der Waals surface area contributed by atoms with Gasteiger partial charge in [0.15, 0.2) is 5.16 Å². The summed E-state index contributed by atoms with van der Waals surface area (Å²) in [6.45, 7) is 0. The highest BCUT2D eigenvalue weighted by Crippen LogP contribution is 2.32. The van der Waals surface area contributed by atoms with Crippen LogP contribution in [0.4, 0.5) is 13.2 Å². The number of halogens is 3. The molecule has 0 spiro atoms. The Kier molecular flexibility index (Phi) is 4.16. The number of ether oxygens (including phenoxy) is 1. The molecule has 0 aliphatic rings. The molecule has 0 fully saturated rings. The number of alkyl halides is 3. The molecule has 1 aromatic carbocycles. The van der Waals surface area contributed by atoms with Gasteiger partial charge in [-0.1, -0.05) is 11.8 Å². The number of nitrogens with one attached hydrogen (secondary N) is 1. The molecular weight excluding hydrogens is 327 g/mol. The van der Waals surface area contributed by atoms with Crippen LogP contribution >= 0.6 is 11.8 Å². The second-order valence-electron chi connectivity index (χ2n) is 4.75. The number of H-pyrrole nitrogens is 1. The zero-order chi connectivity index (χ0) is 16.4. The minimum atomic E-state index is -4.37. The molecule has 4 nitrogen and oxygen atoms in total. The Labute approximate surface area is 134 Å². The fourth-order valence-corrected chi connectivity index (χ4v) is 2.82. The Morgan fingerprint density at radius 2 is 2.04 bits per heavy atom. The number of hydrogen-bond acceptors (Lipinski definition) is 4. The highest BCUT2D eigenvalue weighted by atomic mass is 32.2. The van der Waals surface area contributed by atoms with Crippen molar-refractivity contribution in [2.45, 2.75) is 17.1 Å². The van der Waals surface area contributed by atoms with E-state index in [9.17, 15) is 13.2 Å². The Bertz CT molecular complexity index is 832. The summed E-state index contributed by atoms with van der Waals surface area (Å²) >= 11 is 1.37. The van der Waals surface area contributed by atoms with Crippen LogP contribution in [0.25, 0.3) is 11.0 Å². The molecule has 0 amide bonds. The number of methoxy groups -OCH3 is 1. The summed E-state index contributed by atoms with van der Waals surface area (Å²) in [6, 6.07) is 7.02. The van der Waals surface area contributed by atoms with Crippen LogP contribution in [0.1, 0.15) is 11.3 Å². The van der Waals surface area contributed by atoms with Gasteiger partial charge in [-0.25, -0.2) is 4.98 Å². The number of hydrogen-bond donors (Lipinski definition) is 1. The number of benzene rings is 1. The van der Waals surface area contributed by atoms with Gasteiger partial charge in [-0.15, -0.1) is 0 Å². The third kappa shape index (κ3) is 3.58. The number of aromatic nitrogens is 3. The molecular formula is C15H12F3N3OS. The molecule has 0 saturated carbocycles. The first-order valence-electron chi connectivity index (χ1n) is 6.64. The van der Waals surface area contributed by atoms with E-state index in [-0.39, 0.29) is 0 Å². The van der Waals surface area contributed by atoms with E-state index in [1.165, 1.54) is 17.8 Å². The summed E-state index contributed by atoms with van der Waals surface area (Å²) in [5, 5.41) is 0.545. The molecule has 0 atom stereocenters. The normalized spacial score (nSPS) is 11.8. The first kappa shape index (κ1) is 15.7. The van der Waals surface area contributed by atoms with E-state index in [1.807, 2.05) is 0 Å². The lowest BCUT2D eigenvalue weighted by molar-refractivity contribution is -0.137. The zero-order valence-corrected chi connectivity index (χ0v) is 12.8. The van der Waals surface area contributed by atoms with Gasteiger partial charge < -0.3 is 9.72 Å². The third-order valence-corrected chi connectivity index (χ3v) is 4.08. The molecule has 8 heteroatoms. The minimum Gasteiger partial charge on any atom is -0.497 e. The molecule has 23 heavy (non-hydrogen) atoms.